The van der Waals surface area contributed by atoms with Crippen LogP contribution in [0.15, 0.2) is 78.1 Å². The van der Waals surface area contributed by atoms with Gasteiger partial charge in [0, 0.05) is 0 Å². The predicted octanol–water partition coefficient (Wildman–Crippen LogP) is 2.24. The first-order valence-electron chi connectivity index (χ1n) is 11.1. The number of fused-ring (bicyclic) bond motifs is 4. The Bertz CT molecular complexity index is 1070. The molecule has 1 atom stereocenters. The van der Waals surface area contributed by atoms with Crippen LogP contribution in [0.4, 0.5) is 0 Å². The first-order chi connectivity index (χ1) is 14.6. The maximum absolute atomic E-state index is 2.59. The predicted molar refractivity (Wildman–Crippen MR) is 128 cm³/mol. The Morgan fingerprint density at radius 3 is 1.62 bits per heavy atom. The van der Waals surface area contributed by atoms with Crippen molar-refractivity contribution in [3.05, 3.63) is 100 Å². The zero-order valence-corrected chi connectivity index (χ0v) is 23.0. The van der Waals surface area contributed by atoms with Crippen LogP contribution >= 0.6 is 7.92 Å². The van der Waals surface area contributed by atoms with Gasteiger partial charge in [-0.3, -0.25) is 0 Å². The normalized spacial score (nSPS) is 16.1. The van der Waals surface area contributed by atoms with E-state index in [0.717, 1.165) is 11.3 Å². The summed E-state index contributed by atoms with van der Waals surface area (Å²) in [7, 11) is -0.128. The SMILES string of the molecule is CC(C)P(C1=Cc2ccccc2[CH]1[Ti+2][CH]1c2ccccc2-c2ccccc21)C(C)C.[Cl-].[Cl-]. The molecule has 0 bridgehead atoms. The molecule has 0 saturated heterocycles. The molecular formula is C28H29Cl2PTi. The topological polar surface area (TPSA) is 0 Å². The summed E-state index contributed by atoms with van der Waals surface area (Å²) < 4.78 is 1.26. The van der Waals surface area contributed by atoms with Crippen LogP contribution in [0.25, 0.3) is 17.2 Å². The molecule has 4 heteroatoms. The summed E-state index contributed by atoms with van der Waals surface area (Å²) in [5, 5.41) is 1.78. The Kier molecular flexibility index (Phi) is 8.52. The molecule has 0 spiro atoms. The second-order valence-corrected chi connectivity index (χ2v) is 14.7. The van der Waals surface area contributed by atoms with Gasteiger partial charge in [-0.1, -0.05) is 0 Å². The van der Waals surface area contributed by atoms with E-state index in [9.17, 15) is 0 Å². The number of hydrogen-bond acceptors (Lipinski definition) is 0. The smallest absolute Gasteiger partial charge is 1.00 e. The Morgan fingerprint density at radius 1 is 0.625 bits per heavy atom. The van der Waals surface area contributed by atoms with Crippen LogP contribution in [-0.2, 0) is 19.2 Å². The van der Waals surface area contributed by atoms with Crippen molar-refractivity contribution in [3.8, 4) is 11.1 Å². The van der Waals surface area contributed by atoms with Crippen LogP contribution in [0.1, 0.15) is 58.4 Å². The molecule has 2 aliphatic carbocycles. The molecule has 5 rings (SSSR count). The molecule has 0 aromatic heterocycles. The van der Waals surface area contributed by atoms with Gasteiger partial charge < -0.3 is 24.8 Å². The minimum Gasteiger partial charge on any atom is -1.00 e. The van der Waals surface area contributed by atoms with Crippen LogP contribution in [-0.4, -0.2) is 11.3 Å². The molecule has 3 aromatic rings. The van der Waals surface area contributed by atoms with Crippen molar-refractivity contribution < 1.29 is 44.0 Å². The van der Waals surface area contributed by atoms with Crippen LogP contribution < -0.4 is 24.8 Å². The second kappa shape index (κ2) is 10.6. The maximum Gasteiger partial charge on any atom is -1.00 e. The molecule has 0 saturated carbocycles. The van der Waals surface area contributed by atoms with Crippen LogP contribution in [0.3, 0.4) is 0 Å². The molecule has 0 radical (unpaired) electrons. The van der Waals surface area contributed by atoms with Crippen molar-refractivity contribution in [2.24, 2.45) is 0 Å². The molecule has 2 aliphatic rings. The minimum absolute atomic E-state index is 0. The Balaban J connectivity index is 0.00000144. The maximum atomic E-state index is 2.59. The van der Waals surface area contributed by atoms with E-state index >= 15 is 0 Å². The largest absolute Gasteiger partial charge is 1.00 e. The van der Waals surface area contributed by atoms with E-state index in [0.29, 0.717) is 8.45 Å². The molecule has 32 heavy (non-hydrogen) atoms. The van der Waals surface area contributed by atoms with E-state index in [-0.39, 0.29) is 51.9 Å². The van der Waals surface area contributed by atoms with Crippen LogP contribution in [0, 0.1) is 0 Å². The first-order valence-corrected chi connectivity index (χ1v) is 14.4. The molecule has 0 fully saturated rings. The summed E-state index contributed by atoms with van der Waals surface area (Å²) in [6.45, 7) is 9.75. The van der Waals surface area contributed by atoms with Crippen molar-refractivity contribution in [2.75, 3.05) is 0 Å². The third kappa shape index (κ3) is 4.43. The molecule has 0 aliphatic heterocycles. The fraction of sp³-hybridized carbons (Fsp3) is 0.286. The van der Waals surface area contributed by atoms with Crippen molar-refractivity contribution in [2.45, 2.75) is 47.5 Å². The zero-order chi connectivity index (χ0) is 20.8. The van der Waals surface area contributed by atoms with E-state index in [4.69, 9.17) is 0 Å². The number of hydrogen-bond donors (Lipinski definition) is 0. The average molecular weight is 515 g/mol. The summed E-state index contributed by atoms with van der Waals surface area (Å²) in [4.78, 5) is 0. The summed E-state index contributed by atoms with van der Waals surface area (Å²) in [5.74, 6) is 0. The van der Waals surface area contributed by atoms with Crippen LogP contribution in [0.5, 0.6) is 0 Å². The van der Waals surface area contributed by atoms with Gasteiger partial charge in [-0.15, -0.1) is 0 Å². The van der Waals surface area contributed by atoms with Crippen molar-refractivity contribution in [1.82, 2.24) is 0 Å². The number of halogens is 2. The van der Waals surface area contributed by atoms with Crippen molar-refractivity contribution in [3.63, 3.8) is 0 Å². The summed E-state index contributed by atoms with van der Waals surface area (Å²) in [6.07, 6.45) is 2.59. The molecule has 0 nitrogen and oxygen atoms in total. The number of allylic oxidation sites excluding steroid dienone is 1. The molecule has 0 heterocycles. The van der Waals surface area contributed by atoms with Gasteiger partial charge >= 0.3 is 192 Å². The van der Waals surface area contributed by atoms with Gasteiger partial charge in [-0.25, -0.2) is 0 Å². The fourth-order valence-corrected chi connectivity index (χ4v) is 12.5. The Morgan fingerprint density at radius 2 is 1.09 bits per heavy atom. The third-order valence-electron chi connectivity index (χ3n) is 6.48. The van der Waals surface area contributed by atoms with Gasteiger partial charge in [-0.2, -0.15) is 0 Å². The molecular weight excluding hydrogens is 486 g/mol. The second-order valence-electron chi connectivity index (χ2n) is 9.00. The van der Waals surface area contributed by atoms with Gasteiger partial charge in [0.05, 0.1) is 0 Å². The minimum atomic E-state index is -0.304. The Hall–Kier alpha value is -0.876. The molecule has 0 N–H and O–H groups in total. The van der Waals surface area contributed by atoms with Gasteiger partial charge in [-0.05, 0) is 0 Å². The monoisotopic (exact) mass is 514 g/mol. The fourth-order valence-electron chi connectivity index (χ4n) is 5.40. The van der Waals surface area contributed by atoms with Crippen LogP contribution in [0.2, 0.25) is 0 Å². The molecule has 164 valence electrons. The first kappa shape index (κ1) is 25.7. The Labute approximate surface area is 215 Å². The molecule has 3 aromatic carbocycles. The zero-order valence-electron chi connectivity index (χ0n) is 19.0. The van der Waals surface area contributed by atoms with E-state index < -0.39 is 0 Å². The van der Waals surface area contributed by atoms with Crippen molar-refractivity contribution >= 4 is 14.0 Å². The van der Waals surface area contributed by atoms with Gasteiger partial charge in [0.15, 0.2) is 0 Å². The number of rotatable bonds is 5. The van der Waals surface area contributed by atoms with E-state index in [1.165, 1.54) is 16.7 Å². The van der Waals surface area contributed by atoms with Gasteiger partial charge in [0.25, 0.3) is 0 Å². The summed E-state index contributed by atoms with van der Waals surface area (Å²) in [5.41, 5.74) is 10.6. The summed E-state index contributed by atoms with van der Waals surface area (Å²) in [6, 6.07) is 27.5. The van der Waals surface area contributed by atoms with Gasteiger partial charge in [0.1, 0.15) is 0 Å². The standard InChI is InChI=1S/C15H20P.C13H9.2ClH.Ti/c1-11(2)16(12(3)4)15-9-13-7-5-6-8-14(13)10-15;1-3-7-12-10(5-1)9-11-6-2-4-8-13(11)12;;;/h5-12H,1-4H3;1-9H;2*1H;/q;;;;+2/p-2. The van der Waals surface area contributed by atoms with E-state index in [2.05, 4.69) is 107 Å². The number of benzene rings is 3. The quantitative estimate of drug-likeness (QED) is 0.362. The van der Waals surface area contributed by atoms with E-state index in [1.807, 2.05) is 0 Å². The van der Waals surface area contributed by atoms with E-state index in [1.54, 1.807) is 22.0 Å². The third-order valence-corrected chi connectivity index (χ3v) is 13.1. The van der Waals surface area contributed by atoms with Crippen molar-refractivity contribution in [1.29, 1.82) is 0 Å². The summed E-state index contributed by atoms with van der Waals surface area (Å²) >= 11 is -0.304. The molecule has 1 unspecified atom stereocenters. The molecule has 0 amide bonds. The van der Waals surface area contributed by atoms with Gasteiger partial charge in [0.2, 0.25) is 0 Å². The average Bonchev–Trinajstić information content (AvgIpc) is 3.25.